The molecule has 1 amide bonds. The van der Waals surface area contributed by atoms with Gasteiger partial charge in [-0.1, -0.05) is 5.16 Å². The lowest BCUT2D eigenvalue weighted by atomic mass is 10.1. The van der Waals surface area contributed by atoms with Crippen molar-refractivity contribution in [3.63, 3.8) is 0 Å². The Hall–Kier alpha value is -1.36. The number of nitrogens with one attached hydrogen (secondary N) is 2. The number of carbonyl (C=O) groups excluding carboxylic acids is 1. The summed E-state index contributed by atoms with van der Waals surface area (Å²) in [6, 6.07) is 0.223. The summed E-state index contributed by atoms with van der Waals surface area (Å²) in [4.78, 5) is 11.8. The Bertz CT molecular complexity index is 342. The van der Waals surface area contributed by atoms with E-state index in [1.807, 2.05) is 0 Å². The summed E-state index contributed by atoms with van der Waals surface area (Å²) in [5.41, 5.74) is 0.528. The van der Waals surface area contributed by atoms with Gasteiger partial charge in [0.05, 0.1) is 6.20 Å². The molecule has 0 radical (unpaired) electrons. The molecule has 2 rings (SSSR count). The summed E-state index contributed by atoms with van der Waals surface area (Å²) in [6.45, 7) is 3.62. The van der Waals surface area contributed by atoms with Gasteiger partial charge in [-0.2, -0.15) is 0 Å². The van der Waals surface area contributed by atoms with Crippen molar-refractivity contribution < 1.29 is 9.32 Å². The molecule has 2 N–H and O–H groups in total. The molecule has 5 nitrogen and oxygen atoms in total. The number of piperidine rings is 1. The molecule has 0 bridgehead atoms. The van der Waals surface area contributed by atoms with E-state index in [9.17, 15) is 4.79 Å². The number of hydrogen-bond acceptors (Lipinski definition) is 4. The van der Waals surface area contributed by atoms with Crippen molar-refractivity contribution in [2.24, 2.45) is 0 Å². The molecule has 0 unspecified atom stereocenters. The molecule has 15 heavy (non-hydrogen) atoms. The van der Waals surface area contributed by atoms with E-state index in [1.165, 1.54) is 6.20 Å². The first-order valence-corrected chi connectivity index (χ1v) is 5.20. The fraction of sp³-hybridized carbons (Fsp3) is 0.600. The third-order valence-electron chi connectivity index (χ3n) is 2.63. The molecule has 0 spiro atoms. The second-order valence-corrected chi connectivity index (χ2v) is 3.81. The molecule has 0 aliphatic carbocycles. The number of carbonyl (C=O) groups is 1. The second-order valence-electron chi connectivity index (χ2n) is 3.81. The lowest BCUT2D eigenvalue weighted by molar-refractivity contribution is 0.0929. The number of nitrogens with zero attached hydrogens (tertiary/aromatic N) is 1. The fourth-order valence-corrected chi connectivity index (χ4v) is 1.75. The summed E-state index contributed by atoms with van der Waals surface area (Å²) in [7, 11) is 0. The van der Waals surface area contributed by atoms with Gasteiger partial charge in [0.1, 0.15) is 11.3 Å². The first-order chi connectivity index (χ1) is 7.27. The largest absolute Gasteiger partial charge is 0.361 e. The molecule has 2 heterocycles. The number of aromatic nitrogens is 1. The standard InChI is InChI=1S/C10H15N3O2/c1-7-9(6-12-15-7)10(14)13-8-3-2-4-11-5-8/h6,8,11H,2-5H2,1H3,(H,13,14)/t8-/m1/s1. The summed E-state index contributed by atoms with van der Waals surface area (Å²) in [5.74, 6) is 0.471. The molecular formula is C10H15N3O2. The van der Waals surface area contributed by atoms with E-state index >= 15 is 0 Å². The minimum atomic E-state index is -0.0950. The maximum absolute atomic E-state index is 11.8. The van der Waals surface area contributed by atoms with Gasteiger partial charge in [-0.3, -0.25) is 4.79 Å². The Morgan fingerprint density at radius 1 is 1.73 bits per heavy atom. The molecule has 1 fully saturated rings. The quantitative estimate of drug-likeness (QED) is 0.742. The Morgan fingerprint density at radius 3 is 3.20 bits per heavy atom. The molecule has 1 aliphatic heterocycles. The Morgan fingerprint density at radius 2 is 2.60 bits per heavy atom. The van der Waals surface area contributed by atoms with Crippen molar-refractivity contribution in [1.82, 2.24) is 15.8 Å². The highest BCUT2D eigenvalue weighted by atomic mass is 16.5. The first-order valence-electron chi connectivity index (χ1n) is 5.20. The number of rotatable bonds is 2. The molecular weight excluding hydrogens is 194 g/mol. The number of amides is 1. The number of hydrogen-bond donors (Lipinski definition) is 2. The molecule has 1 saturated heterocycles. The van der Waals surface area contributed by atoms with E-state index in [2.05, 4.69) is 15.8 Å². The monoisotopic (exact) mass is 209 g/mol. The maximum Gasteiger partial charge on any atom is 0.256 e. The van der Waals surface area contributed by atoms with E-state index in [0.717, 1.165) is 25.9 Å². The lowest BCUT2D eigenvalue weighted by Crippen LogP contribution is -2.45. The zero-order valence-electron chi connectivity index (χ0n) is 8.75. The Kier molecular flexibility index (Phi) is 3.01. The van der Waals surface area contributed by atoms with Crippen LogP contribution in [0.1, 0.15) is 29.0 Å². The highest BCUT2D eigenvalue weighted by Gasteiger charge is 2.18. The molecule has 0 saturated carbocycles. The SMILES string of the molecule is Cc1oncc1C(=O)N[C@@H]1CCCNC1. The Labute approximate surface area is 88.2 Å². The van der Waals surface area contributed by atoms with Gasteiger partial charge in [-0.15, -0.1) is 0 Å². The third kappa shape index (κ3) is 2.36. The van der Waals surface area contributed by atoms with Crippen LogP contribution in [0.25, 0.3) is 0 Å². The molecule has 1 aromatic heterocycles. The topological polar surface area (TPSA) is 67.2 Å². The molecule has 5 heteroatoms. The molecule has 0 aromatic carbocycles. The average Bonchev–Trinajstić information content (AvgIpc) is 2.66. The van der Waals surface area contributed by atoms with Crippen LogP contribution >= 0.6 is 0 Å². The average molecular weight is 209 g/mol. The van der Waals surface area contributed by atoms with Crippen LogP contribution in [0.5, 0.6) is 0 Å². The van der Waals surface area contributed by atoms with Crippen molar-refractivity contribution in [2.75, 3.05) is 13.1 Å². The highest BCUT2D eigenvalue weighted by Crippen LogP contribution is 2.07. The van der Waals surface area contributed by atoms with E-state index in [-0.39, 0.29) is 11.9 Å². The van der Waals surface area contributed by atoms with Crippen LogP contribution in [-0.2, 0) is 0 Å². The van der Waals surface area contributed by atoms with E-state index in [4.69, 9.17) is 4.52 Å². The normalized spacial score (nSPS) is 21.3. The van der Waals surface area contributed by atoms with Gasteiger partial charge < -0.3 is 15.2 Å². The van der Waals surface area contributed by atoms with Gasteiger partial charge in [0.15, 0.2) is 0 Å². The van der Waals surface area contributed by atoms with Crippen LogP contribution in [0.2, 0.25) is 0 Å². The van der Waals surface area contributed by atoms with Crippen molar-refractivity contribution in [3.8, 4) is 0 Å². The number of aryl methyl sites for hydroxylation is 1. The van der Waals surface area contributed by atoms with Crippen molar-refractivity contribution in [1.29, 1.82) is 0 Å². The zero-order valence-corrected chi connectivity index (χ0v) is 8.75. The Balaban J connectivity index is 1.94. The van der Waals surface area contributed by atoms with Gasteiger partial charge in [0.2, 0.25) is 0 Å². The van der Waals surface area contributed by atoms with Gasteiger partial charge in [-0.05, 0) is 26.3 Å². The minimum Gasteiger partial charge on any atom is -0.361 e. The van der Waals surface area contributed by atoms with Gasteiger partial charge >= 0.3 is 0 Å². The highest BCUT2D eigenvalue weighted by molar-refractivity contribution is 5.94. The van der Waals surface area contributed by atoms with Crippen molar-refractivity contribution >= 4 is 5.91 Å². The van der Waals surface area contributed by atoms with Crippen LogP contribution in [0.4, 0.5) is 0 Å². The summed E-state index contributed by atoms with van der Waals surface area (Å²) in [6.07, 6.45) is 3.59. The van der Waals surface area contributed by atoms with Crippen LogP contribution in [0.3, 0.4) is 0 Å². The van der Waals surface area contributed by atoms with Crippen LogP contribution in [0.15, 0.2) is 10.7 Å². The third-order valence-corrected chi connectivity index (χ3v) is 2.63. The van der Waals surface area contributed by atoms with Crippen LogP contribution in [0, 0.1) is 6.92 Å². The maximum atomic E-state index is 11.8. The lowest BCUT2D eigenvalue weighted by Gasteiger charge is -2.23. The first kappa shape index (κ1) is 10.2. The summed E-state index contributed by atoms with van der Waals surface area (Å²) >= 11 is 0. The molecule has 1 atom stereocenters. The second kappa shape index (κ2) is 4.44. The van der Waals surface area contributed by atoms with E-state index in [0.29, 0.717) is 11.3 Å². The predicted molar refractivity (Wildman–Crippen MR) is 54.6 cm³/mol. The van der Waals surface area contributed by atoms with Gasteiger partial charge in [-0.25, -0.2) is 0 Å². The summed E-state index contributed by atoms with van der Waals surface area (Å²) < 4.78 is 4.85. The minimum absolute atomic E-state index is 0.0950. The smallest absolute Gasteiger partial charge is 0.256 e. The molecule has 82 valence electrons. The van der Waals surface area contributed by atoms with E-state index < -0.39 is 0 Å². The van der Waals surface area contributed by atoms with Gasteiger partial charge in [0, 0.05) is 12.6 Å². The fourth-order valence-electron chi connectivity index (χ4n) is 1.75. The zero-order chi connectivity index (χ0) is 10.7. The van der Waals surface area contributed by atoms with Crippen molar-refractivity contribution in [2.45, 2.75) is 25.8 Å². The van der Waals surface area contributed by atoms with Crippen molar-refractivity contribution in [3.05, 3.63) is 17.5 Å². The van der Waals surface area contributed by atoms with Crippen LogP contribution < -0.4 is 10.6 Å². The molecule has 1 aromatic rings. The van der Waals surface area contributed by atoms with Gasteiger partial charge in [0.25, 0.3) is 5.91 Å². The molecule has 1 aliphatic rings. The summed E-state index contributed by atoms with van der Waals surface area (Å²) in [5, 5.41) is 9.79. The van der Waals surface area contributed by atoms with E-state index in [1.54, 1.807) is 6.92 Å². The predicted octanol–water partition coefficient (Wildman–Crippen LogP) is 0.465. The van der Waals surface area contributed by atoms with Crippen LogP contribution in [-0.4, -0.2) is 30.2 Å².